The number of rotatable bonds is 6. The summed E-state index contributed by atoms with van der Waals surface area (Å²) in [5.41, 5.74) is 1.01. The summed E-state index contributed by atoms with van der Waals surface area (Å²) in [6, 6.07) is 13.2. The van der Waals surface area contributed by atoms with Crippen LogP contribution < -0.4 is 10.0 Å². The normalized spacial score (nSPS) is 11.3. The molecule has 2 aromatic carbocycles. The zero-order valence-corrected chi connectivity index (χ0v) is 15.0. The Morgan fingerprint density at radius 3 is 2.38 bits per heavy atom. The Labute approximate surface area is 147 Å². The van der Waals surface area contributed by atoms with Gasteiger partial charge in [0.05, 0.1) is 17.0 Å². The number of sulfonamides is 1. The minimum atomic E-state index is -3.71. The molecule has 0 aliphatic carbocycles. The quantitative estimate of drug-likeness (QED) is 0.822. The van der Waals surface area contributed by atoms with Gasteiger partial charge in [-0.3, -0.25) is 9.52 Å². The molecular formula is C17H19ClN2O3S. The molecule has 0 fully saturated rings. The van der Waals surface area contributed by atoms with Crippen molar-refractivity contribution in [3.05, 3.63) is 64.7 Å². The molecule has 128 valence electrons. The number of hydrogen-bond donors (Lipinski definition) is 2. The van der Waals surface area contributed by atoms with Gasteiger partial charge in [-0.15, -0.1) is 0 Å². The SMILES string of the molecule is CC(C)NC(=O)c1ccccc1NS(=O)(=O)Cc1ccccc1Cl. The Morgan fingerprint density at radius 1 is 1.08 bits per heavy atom. The van der Waals surface area contributed by atoms with Gasteiger partial charge in [-0.2, -0.15) is 0 Å². The molecule has 0 bridgehead atoms. The van der Waals surface area contributed by atoms with Crippen molar-refractivity contribution in [1.29, 1.82) is 0 Å². The molecule has 0 saturated carbocycles. The van der Waals surface area contributed by atoms with Crippen LogP contribution in [0.5, 0.6) is 0 Å². The first-order chi connectivity index (χ1) is 11.3. The molecule has 0 aromatic heterocycles. The van der Waals surface area contributed by atoms with Gasteiger partial charge in [0.2, 0.25) is 10.0 Å². The highest BCUT2D eigenvalue weighted by atomic mass is 35.5. The largest absolute Gasteiger partial charge is 0.350 e. The fourth-order valence-corrected chi connectivity index (χ4v) is 3.66. The second kappa shape index (κ2) is 7.68. The van der Waals surface area contributed by atoms with E-state index in [0.29, 0.717) is 10.6 Å². The van der Waals surface area contributed by atoms with Gasteiger partial charge >= 0.3 is 0 Å². The van der Waals surface area contributed by atoms with Crippen LogP contribution in [0.3, 0.4) is 0 Å². The molecule has 0 aliphatic heterocycles. The van der Waals surface area contributed by atoms with Crippen LogP contribution in [0.1, 0.15) is 29.8 Å². The number of anilines is 1. The van der Waals surface area contributed by atoms with E-state index in [2.05, 4.69) is 10.0 Å². The summed E-state index contributed by atoms with van der Waals surface area (Å²) in [7, 11) is -3.71. The smallest absolute Gasteiger partial charge is 0.253 e. The lowest BCUT2D eigenvalue weighted by Crippen LogP contribution is -2.31. The van der Waals surface area contributed by atoms with Gasteiger partial charge in [-0.05, 0) is 37.6 Å². The highest BCUT2D eigenvalue weighted by Crippen LogP contribution is 2.21. The number of para-hydroxylation sites is 1. The summed E-state index contributed by atoms with van der Waals surface area (Å²) in [4.78, 5) is 12.2. The summed E-state index contributed by atoms with van der Waals surface area (Å²) < 4.78 is 27.3. The zero-order valence-electron chi connectivity index (χ0n) is 13.4. The molecule has 0 spiro atoms. The molecule has 2 N–H and O–H groups in total. The molecule has 2 rings (SSSR count). The van der Waals surface area contributed by atoms with Crippen molar-refractivity contribution in [3.63, 3.8) is 0 Å². The zero-order chi connectivity index (χ0) is 17.7. The van der Waals surface area contributed by atoms with Crippen LogP contribution in [-0.4, -0.2) is 20.4 Å². The van der Waals surface area contributed by atoms with E-state index in [1.807, 2.05) is 13.8 Å². The second-order valence-electron chi connectivity index (χ2n) is 5.63. The number of carbonyl (C=O) groups excluding carboxylic acids is 1. The van der Waals surface area contributed by atoms with Crippen molar-refractivity contribution >= 4 is 33.2 Å². The minimum Gasteiger partial charge on any atom is -0.350 e. The van der Waals surface area contributed by atoms with Gasteiger partial charge in [0.25, 0.3) is 5.91 Å². The number of nitrogens with one attached hydrogen (secondary N) is 2. The molecule has 0 aliphatic rings. The molecule has 1 amide bonds. The van der Waals surface area contributed by atoms with Gasteiger partial charge in [0, 0.05) is 11.1 Å². The van der Waals surface area contributed by atoms with Crippen LogP contribution in [0.15, 0.2) is 48.5 Å². The predicted octanol–water partition coefficient (Wildman–Crippen LogP) is 3.42. The third kappa shape index (κ3) is 4.97. The highest BCUT2D eigenvalue weighted by molar-refractivity contribution is 7.91. The Bertz CT molecular complexity index is 835. The van der Waals surface area contributed by atoms with E-state index in [9.17, 15) is 13.2 Å². The summed E-state index contributed by atoms with van der Waals surface area (Å²) in [6.07, 6.45) is 0. The maximum atomic E-state index is 12.4. The average molecular weight is 367 g/mol. The second-order valence-corrected chi connectivity index (χ2v) is 7.76. The number of halogens is 1. The Kier molecular flexibility index (Phi) is 5.85. The van der Waals surface area contributed by atoms with Gasteiger partial charge in [0.15, 0.2) is 0 Å². The summed E-state index contributed by atoms with van der Waals surface area (Å²) in [6.45, 7) is 3.67. The molecule has 24 heavy (non-hydrogen) atoms. The molecule has 0 radical (unpaired) electrons. The summed E-state index contributed by atoms with van der Waals surface area (Å²) in [5, 5.41) is 3.13. The van der Waals surface area contributed by atoms with Crippen LogP contribution in [0.25, 0.3) is 0 Å². The molecule has 0 atom stereocenters. The van der Waals surface area contributed by atoms with E-state index in [1.54, 1.807) is 48.5 Å². The van der Waals surface area contributed by atoms with Crippen molar-refractivity contribution in [1.82, 2.24) is 5.32 Å². The summed E-state index contributed by atoms with van der Waals surface area (Å²) >= 11 is 6.02. The summed E-state index contributed by atoms with van der Waals surface area (Å²) in [5.74, 6) is -0.603. The molecule has 7 heteroatoms. The number of amides is 1. The first-order valence-electron chi connectivity index (χ1n) is 7.42. The van der Waals surface area contributed by atoms with Crippen LogP contribution >= 0.6 is 11.6 Å². The molecule has 0 saturated heterocycles. The maximum Gasteiger partial charge on any atom is 0.253 e. The molecular weight excluding hydrogens is 348 g/mol. The topological polar surface area (TPSA) is 75.3 Å². The molecule has 5 nitrogen and oxygen atoms in total. The van der Waals surface area contributed by atoms with Crippen LogP contribution in [0.4, 0.5) is 5.69 Å². The van der Waals surface area contributed by atoms with Gasteiger partial charge in [0.1, 0.15) is 0 Å². The van der Waals surface area contributed by atoms with E-state index in [4.69, 9.17) is 11.6 Å². The van der Waals surface area contributed by atoms with Gasteiger partial charge in [-0.1, -0.05) is 41.9 Å². The standard InChI is InChI=1S/C17H19ClN2O3S/c1-12(2)19-17(21)14-8-4-6-10-16(14)20-24(22,23)11-13-7-3-5-9-15(13)18/h3-10,12,20H,11H2,1-2H3,(H,19,21). The van der Waals surface area contributed by atoms with E-state index >= 15 is 0 Å². The van der Waals surface area contributed by atoms with E-state index in [0.717, 1.165) is 0 Å². The Morgan fingerprint density at radius 2 is 1.71 bits per heavy atom. The van der Waals surface area contributed by atoms with Crippen molar-refractivity contribution in [3.8, 4) is 0 Å². The lowest BCUT2D eigenvalue weighted by molar-refractivity contribution is 0.0944. The van der Waals surface area contributed by atoms with E-state index in [1.165, 1.54) is 0 Å². The molecule has 2 aromatic rings. The molecule has 0 heterocycles. The number of carbonyl (C=O) groups is 1. The highest BCUT2D eigenvalue weighted by Gasteiger charge is 2.18. The maximum absolute atomic E-state index is 12.4. The lowest BCUT2D eigenvalue weighted by atomic mass is 10.1. The predicted molar refractivity (Wildman–Crippen MR) is 96.7 cm³/mol. The third-order valence-corrected chi connectivity index (χ3v) is 4.75. The number of hydrogen-bond acceptors (Lipinski definition) is 3. The average Bonchev–Trinajstić information content (AvgIpc) is 2.49. The van der Waals surface area contributed by atoms with Crippen LogP contribution in [0, 0.1) is 0 Å². The lowest BCUT2D eigenvalue weighted by Gasteiger charge is -2.14. The first-order valence-corrected chi connectivity index (χ1v) is 9.45. The molecule has 0 unspecified atom stereocenters. The van der Waals surface area contributed by atoms with E-state index in [-0.39, 0.29) is 29.0 Å². The monoisotopic (exact) mass is 366 g/mol. The van der Waals surface area contributed by atoms with Crippen molar-refractivity contribution in [2.75, 3.05) is 4.72 Å². The Balaban J connectivity index is 2.24. The first kappa shape index (κ1) is 18.3. The number of benzene rings is 2. The van der Waals surface area contributed by atoms with Crippen molar-refractivity contribution in [2.45, 2.75) is 25.6 Å². The van der Waals surface area contributed by atoms with E-state index < -0.39 is 10.0 Å². The Hall–Kier alpha value is -2.05. The van der Waals surface area contributed by atoms with Crippen LogP contribution in [-0.2, 0) is 15.8 Å². The van der Waals surface area contributed by atoms with Gasteiger partial charge < -0.3 is 5.32 Å². The third-order valence-electron chi connectivity index (χ3n) is 3.16. The minimum absolute atomic E-state index is 0.0507. The van der Waals surface area contributed by atoms with Crippen molar-refractivity contribution in [2.24, 2.45) is 0 Å². The van der Waals surface area contributed by atoms with Crippen molar-refractivity contribution < 1.29 is 13.2 Å². The van der Waals surface area contributed by atoms with Crippen LogP contribution in [0.2, 0.25) is 5.02 Å². The fourth-order valence-electron chi connectivity index (χ4n) is 2.13. The fraction of sp³-hybridized carbons (Fsp3) is 0.235. The van der Waals surface area contributed by atoms with Gasteiger partial charge in [-0.25, -0.2) is 8.42 Å².